The zero-order chi connectivity index (χ0) is 20.0. The Morgan fingerprint density at radius 2 is 1.96 bits per heavy atom. The Kier molecular flexibility index (Phi) is 7.14. The van der Waals surface area contributed by atoms with Crippen molar-refractivity contribution in [2.45, 2.75) is 25.2 Å². The summed E-state index contributed by atoms with van der Waals surface area (Å²) < 4.78 is 27.1. The van der Waals surface area contributed by atoms with Gasteiger partial charge in [0.1, 0.15) is 0 Å². The molecule has 1 aromatic carbocycles. The highest BCUT2D eigenvalue weighted by Gasteiger charge is 2.24. The van der Waals surface area contributed by atoms with E-state index in [9.17, 15) is 18.5 Å². The van der Waals surface area contributed by atoms with Crippen molar-refractivity contribution in [2.24, 2.45) is 16.8 Å². The van der Waals surface area contributed by atoms with Gasteiger partial charge >= 0.3 is 0 Å². The number of nitrogens with one attached hydrogen (secondary N) is 2. The van der Waals surface area contributed by atoms with Crippen LogP contribution in [0.3, 0.4) is 0 Å². The lowest BCUT2D eigenvalue weighted by atomic mass is 9.92. The Hall–Kier alpha value is -2.20. The first-order chi connectivity index (χ1) is 12.7. The lowest BCUT2D eigenvalue weighted by molar-refractivity contribution is -0.385. The molecule has 1 fully saturated rings. The highest BCUT2D eigenvalue weighted by molar-refractivity contribution is 7.89. The van der Waals surface area contributed by atoms with Crippen molar-refractivity contribution in [3.05, 3.63) is 34.4 Å². The molecule has 0 amide bonds. The van der Waals surface area contributed by atoms with Gasteiger partial charge in [0.15, 0.2) is 5.96 Å². The molecular weight excluding hydrogens is 370 g/mol. The van der Waals surface area contributed by atoms with Gasteiger partial charge < -0.3 is 10.2 Å². The smallest absolute Gasteiger partial charge is 0.270 e. The molecule has 9 nitrogen and oxygen atoms in total. The standard InChI is InChI=1S/C17H27N5O4S/c1-13-9-14(2)12-21(11-13)17(18-3)19-7-8-20-27(25,26)16-6-4-5-15(10-16)22(23)24/h4-6,10,13-14,20H,7-9,11-12H2,1-3H3,(H,18,19). The fourth-order valence-corrected chi connectivity index (χ4v) is 4.45. The van der Waals surface area contributed by atoms with Crippen molar-refractivity contribution in [1.82, 2.24) is 14.9 Å². The fourth-order valence-electron chi connectivity index (χ4n) is 3.38. The van der Waals surface area contributed by atoms with Crippen LogP contribution in [0.2, 0.25) is 0 Å². The van der Waals surface area contributed by atoms with Gasteiger partial charge in [0.2, 0.25) is 10.0 Å². The van der Waals surface area contributed by atoms with Gasteiger partial charge in [-0.2, -0.15) is 0 Å². The van der Waals surface area contributed by atoms with E-state index in [4.69, 9.17) is 0 Å². The number of aliphatic imine (C=N–C) groups is 1. The van der Waals surface area contributed by atoms with E-state index in [0.717, 1.165) is 25.1 Å². The Morgan fingerprint density at radius 1 is 1.30 bits per heavy atom. The Balaban J connectivity index is 1.89. The van der Waals surface area contributed by atoms with Crippen molar-refractivity contribution in [3.8, 4) is 0 Å². The van der Waals surface area contributed by atoms with Crippen molar-refractivity contribution in [3.63, 3.8) is 0 Å². The monoisotopic (exact) mass is 397 g/mol. The second-order valence-electron chi connectivity index (χ2n) is 6.98. The second-order valence-corrected chi connectivity index (χ2v) is 8.74. The topological polar surface area (TPSA) is 117 Å². The molecule has 0 radical (unpaired) electrons. The van der Waals surface area contributed by atoms with Crippen molar-refractivity contribution in [1.29, 1.82) is 0 Å². The van der Waals surface area contributed by atoms with Crippen molar-refractivity contribution in [2.75, 3.05) is 33.2 Å². The van der Waals surface area contributed by atoms with E-state index in [1.54, 1.807) is 7.05 Å². The first-order valence-electron chi connectivity index (χ1n) is 8.92. The average molecular weight is 398 g/mol. The normalized spacial score (nSPS) is 21.1. The summed E-state index contributed by atoms with van der Waals surface area (Å²) in [5.74, 6) is 1.92. The van der Waals surface area contributed by atoms with E-state index < -0.39 is 14.9 Å². The summed E-state index contributed by atoms with van der Waals surface area (Å²) >= 11 is 0. The van der Waals surface area contributed by atoms with Crippen LogP contribution < -0.4 is 10.0 Å². The average Bonchev–Trinajstić information content (AvgIpc) is 2.61. The van der Waals surface area contributed by atoms with Crippen molar-refractivity contribution >= 4 is 21.7 Å². The van der Waals surface area contributed by atoms with Crippen LogP contribution in [0, 0.1) is 22.0 Å². The minimum atomic E-state index is -3.81. The number of piperidine rings is 1. The molecule has 2 unspecified atom stereocenters. The van der Waals surface area contributed by atoms with Crippen molar-refractivity contribution < 1.29 is 13.3 Å². The number of nitro benzene ring substituents is 1. The minimum absolute atomic E-state index is 0.125. The molecule has 0 saturated carbocycles. The number of rotatable bonds is 6. The van der Waals surface area contributed by atoms with Gasteiger partial charge in [0, 0.05) is 45.4 Å². The Labute approximate surface area is 160 Å². The molecular formula is C17H27N5O4S. The molecule has 27 heavy (non-hydrogen) atoms. The van der Waals surface area contributed by atoms with E-state index in [2.05, 4.69) is 33.8 Å². The number of hydrogen-bond acceptors (Lipinski definition) is 5. The summed E-state index contributed by atoms with van der Waals surface area (Å²) in [4.78, 5) is 16.5. The van der Waals surface area contributed by atoms with Gasteiger partial charge in [0.05, 0.1) is 9.82 Å². The molecule has 2 atom stereocenters. The van der Waals surface area contributed by atoms with Crippen LogP contribution in [0.25, 0.3) is 0 Å². The van der Waals surface area contributed by atoms with Gasteiger partial charge in [-0.3, -0.25) is 15.1 Å². The largest absolute Gasteiger partial charge is 0.355 e. The molecule has 0 spiro atoms. The third-order valence-corrected chi connectivity index (χ3v) is 5.88. The molecule has 1 aliphatic heterocycles. The number of guanidine groups is 1. The van der Waals surface area contributed by atoms with E-state index >= 15 is 0 Å². The fraction of sp³-hybridized carbons (Fsp3) is 0.588. The zero-order valence-corrected chi connectivity index (χ0v) is 16.7. The molecule has 1 heterocycles. The number of hydrogen-bond donors (Lipinski definition) is 2. The predicted octanol–water partition coefficient (Wildman–Crippen LogP) is 1.43. The van der Waals surface area contributed by atoms with Gasteiger partial charge in [-0.25, -0.2) is 13.1 Å². The maximum Gasteiger partial charge on any atom is 0.270 e. The van der Waals surface area contributed by atoms with E-state index in [1.807, 2.05) is 0 Å². The Bertz CT molecular complexity index is 786. The lowest BCUT2D eigenvalue weighted by Crippen LogP contribution is -2.49. The number of benzene rings is 1. The molecule has 0 aliphatic carbocycles. The number of nitrogens with zero attached hydrogens (tertiary/aromatic N) is 3. The molecule has 10 heteroatoms. The van der Waals surface area contributed by atoms with E-state index in [-0.39, 0.29) is 17.1 Å². The summed E-state index contributed by atoms with van der Waals surface area (Å²) in [6.45, 7) is 6.77. The maximum absolute atomic E-state index is 12.3. The molecule has 0 aromatic heterocycles. The van der Waals surface area contributed by atoms with Gasteiger partial charge in [-0.15, -0.1) is 0 Å². The molecule has 0 bridgehead atoms. The minimum Gasteiger partial charge on any atom is -0.355 e. The van der Waals surface area contributed by atoms with Crippen LogP contribution in [0.15, 0.2) is 34.2 Å². The number of nitro groups is 1. The lowest BCUT2D eigenvalue weighted by Gasteiger charge is -2.37. The first-order valence-corrected chi connectivity index (χ1v) is 10.4. The maximum atomic E-state index is 12.3. The number of sulfonamides is 1. The summed E-state index contributed by atoms with van der Waals surface area (Å²) in [7, 11) is -2.10. The molecule has 2 rings (SSSR count). The van der Waals surface area contributed by atoms with Gasteiger partial charge in [0.25, 0.3) is 5.69 Å². The second kappa shape index (κ2) is 9.14. The summed E-state index contributed by atoms with van der Waals surface area (Å²) in [6, 6.07) is 4.99. The van der Waals surface area contributed by atoms with Crippen LogP contribution in [-0.4, -0.2) is 57.4 Å². The molecule has 1 aliphatic rings. The third kappa shape index (κ3) is 5.90. The summed E-state index contributed by atoms with van der Waals surface area (Å²) in [6.07, 6.45) is 1.19. The molecule has 2 N–H and O–H groups in total. The third-order valence-electron chi connectivity index (χ3n) is 4.42. The number of likely N-dealkylation sites (tertiary alicyclic amines) is 1. The predicted molar refractivity (Wildman–Crippen MR) is 104 cm³/mol. The van der Waals surface area contributed by atoms with Gasteiger partial charge in [-0.05, 0) is 24.3 Å². The van der Waals surface area contributed by atoms with E-state index in [1.165, 1.54) is 24.6 Å². The quantitative estimate of drug-likeness (QED) is 0.247. The van der Waals surface area contributed by atoms with Crippen LogP contribution in [-0.2, 0) is 10.0 Å². The van der Waals surface area contributed by atoms with Gasteiger partial charge in [-0.1, -0.05) is 19.9 Å². The SMILES string of the molecule is CN=C(NCCNS(=O)(=O)c1cccc([N+](=O)[O-])c1)N1CC(C)CC(C)C1. The highest BCUT2D eigenvalue weighted by Crippen LogP contribution is 2.21. The summed E-state index contributed by atoms with van der Waals surface area (Å²) in [5, 5.41) is 14.0. The Morgan fingerprint density at radius 3 is 2.56 bits per heavy atom. The van der Waals surface area contributed by atoms with Crippen LogP contribution in [0.1, 0.15) is 20.3 Å². The molecule has 150 valence electrons. The summed E-state index contributed by atoms with van der Waals surface area (Å²) in [5.41, 5.74) is -0.259. The number of non-ortho nitro benzene ring substituents is 1. The van der Waals surface area contributed by atoms with Crippen LogP contribution in [0.5, 0.6) is 0 Å². The molecule has 1 aromatic rings. The highest BCUT2D eigenvalue weighted by atomic mass is 32.2. The van der Waals surface area contributed by atoms with E-state index in [0.29, 0.717) is 18.4 Å². The zero-order valence-electron chi connectivity index (χ0n) is 15.9. The van der Waals surface area contributed by atoms with Crippen LogP contribution in [0.4, 0.5) is 5.69 Å². The molecule has 1 saturated heterocycles. The van der Waals surface area contributed by atoms with Crippen LogP contribution >= 0.6 is 0 Å². The first kappa shape index (κ1) is 21.1.